The summed E-state index contributed by atoms with van der Waals surface area (Å²) in [5, 5.41) is 11.3. The number of anilines is 1. The van der Waals surface area contributed by atoms with Crippen molar-refractivity contribution in [1.82, 2.24) is 4.90 Å². The molecular formula is C33H31Cl2FN2O6. The molecule has 8 nitrogen and oxygen atoms in total. The lowest BCUT2D eigenvalue weighted by molar-refractivity contribution is -0.143. The number of aromatic hydroxyl groups is 1. The number of halogens is 3. The number of amides is 4. The van der Waals surface area contributed by atoms with E-state index in [9.17, 15) is 28.7 Å². The lowest BCUT2D eigenvalue weighted by Gasteiger charge is -2.51. The molecule has 2 aromatic carbocycles. The van der Waals surface area contributed by atoms with Crippen LogP contribution in [0.3, 0.4) is 0 Å². The molecule has 0 aromatic heterocycles. The number of hydrogen-bond acceptors (Lipinski definition) is 6. The van der Waals surface area contributed by atoms with Gasteiger partial charge >= 0.3 is 0 Å². The predicted molar refractivity (Wildman–Crippen MR) is 160 cm³/mol. The molecule has 4 fully saturated rings. The molecule has 0 spiro atoms. The van der Waals surface area contributed by atoms with Gasteiger partial charge in [0.05, 0.1) is 24.6 Å². The molecule has 44 heavy (non-hydrogen) atoms. The number of phenols is 1. The first-order chi connectivity index (χ1) is 21.0. The summed E-state index contributed by atoms with van der Waals surface area (Å²) in [5.74, 6) is -6.06. The highest BCUT2D eigenvalue weighted by atomic mass is 35.5. The highest BCUT2D eigenvalue weighted by Crippen LogP contribution is 2.67. The molecule has 2 heterocycles. The van der Waals surface area contributed by atoms with Crippen LogP contribution >= 0.6 is 23.2 Å². The summed E-state index contributed by atoms with van der Waals surface area (Å²) >= 11 is 14.8. The number of nitrogens with zero attached hydrogens (tertiary/aromatic N) is 2. The third-order valence-corrected chi connectivity index (χ3v) is 11.8. The number of hydrogen-bond donors (Lipinski definition) is 1. The van der Waals surface area contributed by atoms with Gasteiger partial charge in [-0.2, -0.15) is 0 Å². The summed E-state index contributed by atoms with van der Waals surface area (Å²) in [7, 11) is 1.41. The first-order valence-corrected chi connectivity index (χ1v) is 15.7. The first-order valence-electron chi connectivity index (χ1n) is 15.0. The van der Waals surface area contributed by atoms with E-state index in [4.69, 9.17) is 27.9 Å². The van der Waals surface area contributed by atoms with Crippen LogP contribution in [0.5, 0.6) is 11.5 Å². The number of fused-ring (bicyclic) bond motifs is 4. The van der Waals surface area contributed by atoms with Crippen molar-refractivity contribution < 1.29 is 33.4 Å². The Hall–Kier alpha value is -3.43. The largest absolute Gasteiger partial charge is 0.508 e. The summed E-state index contributed by atoms with van der Waals surface area (Å²) in [6, 6.07) is 9.27. The van der Waals surface area contributed by atoms with Crippen molar-refractivity contribution in [3.8, 4) is 11.5 Å². The number of benzene rings is 2. The van der Waals surface area contributed by atoms with E-state index in [1.54, 1.807) is 12.1 Å². The van der Waals surface area contributed by atoms with Crippen LogP contribution in [-0.2, 0) is 19.2 Å². The maximum atomic E-state index is 14.5. The minimum atomic E-state index is -2.16. The normalized spacial score (nSPS) is 33.7. The van der Waals surface area contributed by atoms with Gasteiger partial charge in [-0.15, -0.1) is 23.2 Å². The molecule has 230 valence electrons. The second-order valence-corrected chi connectivity index (χ2v) is 13.7. The summed E-state index contributed by atoms with van der Waals surface area (Å²) in [4.78, 5) is 54.8. The van der Waals surface area contributed by atoms with Crippen LogP contribution in [0.4, 0.5) is 10.1 Å². The smallest absolute Gasteiger partial charge is 0.258 e. The quantitative estimate of drug-likeness (QED) is 0.271. The standard InChI is InChI=1S/C33H31Cl2FN2O6/c1-44-24-9-5-8-23(39)26(24)27-20-14-15-21-25(29(41)37(28(21)40)18-6-3-2-4-7-18)22(20)16-32(34)30(42)38(31(43)33(27,32)35)19-12-10-17(36)11-13-19/h5,8-14,18,21-22,25,27,39H,2-4,6-7,15-16H2,1H3. The number of imide groups is 2. The fraction of sp³-hybridized carbons (Fsp3) is 0.455. The van der Waals surface area contributed by atoms with Crippen LogP contribution in [0.1, 0.15) is 56.4 Å². The topological polar surface area (TPSA) is 104 Å². The van der Waals surface area contributed by atoms with Crippen molar-refractivity contribution in [2.75, 3.05) is 12.0 Å². The summed E-state index contributed by atoms with van der Waals surface area (Å²) < 4.78 is 19.5. The van der Waals surface area contributed by atoms with E-state index in [0.717, 1.165) is 49.1 Å². The van der Waals surface area contributed by atoms with Crippen LogP contribution in [0, 0.1) is 23.6 Å². The average molecular weight is 642 g/mol. The summed E-state index contributed by atoms with van der Waals surface area (Å²) in [5.41, 5.74) is 0.808. The zero-order valence-electron chi connectivity index (χ0n) is 24.0. The number of methoxy groups -OCH3 is 1. The molecule has 4 amide bonds. The number of alkyl halides is 2. The van der Waals surface area contributed by atoms with E-state index in [-0.39, 0.29) is 53.4 Å². The van der Waals surface area contributed by atoms with Crippen LogP contribution in [0.2, 0.25) is 0 Å². The van der Waals surface area contributed by atoms with E-state index in [1.165, 1.54) is 30.2 Å². The van der Waals surface area contributed by atoms with Gasteiger partial charge in [0, 0.05) is 17.5 Å². The van der Waals surface area contributed by atoms with Crippen molar-refractivity contribution in [3.63, 3.8) is 0 Å². The Bertz CT molecular complexity index is 1620. The van der Waals surface area contributed by atoms with Gasteiger partial charge in [0.15, 0.2) is 9.75 Å². The number of carbonyl (C=O) groups excluding carboxylic acids is 4. The van der Waals surface area contributed by atoms with Gasteiger partial charge in [0.25, 0.3) is 11.8 Å². The van der Waals surface area contributed by atoms with Crippen molar-refractivity contribution in [2.24, 2.45) is 17.8 Å². The molecule has 2 aliphatic heterocycles. The van der Waals surface area contributed by atoms with Crippen molar-refractivity contribution in [1.29, 1.82) is 0 Å². The number of allylic oxidation sites excluding steroid dienone is 2. The fourth-order valence-electron chi connectivity index (χ4n) is 8.44. The van der Waals surface area contributed by atoms with E-state index in [1.807, 2.05) is 6.08 Å². The van der Waals surface area contributed by atoms with Crippen LogP contribution in [-0.4, -0.2) is 56.5 Å². The summed E-state index contributed by atoms with van der Waals surface area (Å²) in [6.07, 6.45) is 6.33. The van der Waals surface area contributed by atoms with Gasteiger partial charge in [0.2, 0.25) is 11.8 Å². The molecule has 1 N–H and O–H groups in total. The van der Waals surface area contributed by atoms with Gasteiger partial charge in [-0.3, -0.25) is 24.1 Å². The third-order valence-electron chi connectivity index (χ3n) is 10.4. The second-order valence-electron chi connectivity index (χ2n) is 12.5. The van der Waals surface area contributed by atoms with Crippen LogP contribution < -0.4 is 9.64 Å². The number of ether oxygens (including phenoxy) is 1. The lowest BCUT2D eigenvalue weighted by atomic mass is 9.56. The van der Waals surface area contributed by atoms with E-state index in [0.29, 0.717) is 5.57 Å². The van der Waals surface area contributed by atoms with Crippen molar-refractivity contribution in [3.05, 3.63) is 65.5 Å². The second kappa shape index (κ2) is 10.3. The van der Waals surface area contributed by atoms with Gasteiger partial charge in [-0.1, -0.05) is 37.0 Å². The Labute approximate surface area is 263 Å². The summed E-state index contributed by atoms with van der Waals surface area (Å²) in [6.45, 7) is 0. The van der Waals surface area contributed by atoms with E-state index >= 15 is 0 Å². The molecule has 2 saturated carbocycles. The monoisotopic (exact) mass is 640 g/mol. The molecular weight excluding hydrogens is 610 g/mol. The SMILES string of the molecule is COc1cccc(O)c1C1C2=CCC3C(=O)N(C4CCCCC4)C(=O)C3C2CC2(Cl)C(=O)N(c3ccc(F)cc3)C(=O)C12Cl. The first kappa shape index (κ1) is 29.3. The minimum Gasteiger partial charge on any atom is -0.508 e. The van der Waals surface area contributed by atoms with Gasteiger partial charge < -0.3 is 9.84 Å². The Morgan fingerprint density at radius 3 is 2.32 bits per heavy atom. The molecule has 7 rings (SSSR count). The van der Waals surface area contributed by atoms with Crippen molar-refractivity contribution >= 4 is 52.5 Å². The zero-order chi connectivity index (χ0) is 31.1. The maximum Gasteiger partial charge on any atom is 0.258 e. The molecule has 2 aromatic rings. The number of likely N-dealkylation sites (tertiary alicyclic amines) is 1. The molecule has 3 aliphatic carbocycles. The Balaban J connectivity index is 1.41. The van der Waals surface area contributed by atoms with Crippen LogP contribution in [0.15, 0.2) is 54.1 Å². The molecule has 2 saturated heterocycles. The van der Waals surface area contributed by atoms with E-state index < -0.39 is 51.1 Å². The third kappa shape index (κ3) is 3.81. The van der Waals surface area contributed by atoms with Gasteiger partial charge in [-0.25, -0.2) is 9.29 Å². The molecule has 6 atom stereocenters. The molecule has 11 heteroatoms. The lowest BCUT2D eigenvalue weighted by Crippen LogP contribution is -2.60. The molecule has 6 unspecified atom stereocenters. The maximum absolute atomic E-state index is 14.5. The number of carbonyl (C=O) groups is 4. The average Bonchev–Trinajstić information content (AvgIpc) is 3.36. The Kier molecular flexibility index (Phi) is 6.86. The molecule has 0 radical (unpaired) electrons. The number of phenolic OH excluding ortho intramolecular Hbond substituents is 1. The molecule has 5 aliphatic rings. The zero-order valence-corrected chi connectivity index (χ0v) is 25.5. The Morgan fingerprint density at radius 2 is 1.64 bits per heavy atom. The van der Waals surface area contributed by atoms with E-state index in [2.05, 4.69) is 0 Å². The number of rotatable bonds is 4. The highest BCUT2D eigenvalue weighted by molar-refractivity contribution is 6.58. The van der Waals surface area contributed by atoms with Gasteiger partial charge in [-0.05, 0) is 68.0 Å². The van der Waals surface area contributed by atoms with Crippen molar-refractivity contribution in [2.45, 2.75) is 66.7 Å². The minimum absolute atomic E-state index is 0.0873. The molecule has 0 bridgehead atoms. The van der Waals surface area contributed by atoms with Gasteiger partial charge in [0.1, 0.15) is 17.3 Å². The predicted octanol–water partition coefficient (Wildman–Crippen LogP) is 5.44. The Morgan fingerprint density at radius 1 is 0.932 bits per heavy atom. The highest BCUT2D eigenvalue weighted by Gasteiger charge is 2.77. The fourth-order valence-corrected chi connectivity index (χ4v) is 9.36. The van der Waals surface area contributed by atoms with Crippen LogP contribution in [0.25, 0.3) is 0 Å².